The Morgan fingerprint density at radius 3 is 1.71 bits per heavy atom. The summed E-state index contributed by atoms with van der Waals surface area (Å²) in [5.74, 6) is -0.925. The summed E-state index contributed by atoms with van der Waals surface area (Å²) in [5, 5.41) is 10.1. The third-order valence-corrected chi connectivity index (χ3v) is 3.71. The van der Waals surface area contributed by atoms with Gasteiger partial charge in [-0.2, -0.15) is 0 Å². The van der Waals surface area contributed by atoms with Crippen LogP contribution in [0.15, 0.2) is 60.7 Å². The number of nitrogens with one attached hydrogen (secondary N) is 2. The number of fused-ring (bicyclic) bond motifs is 2. The Morgan fingerprint density at radius 1 is 0.792 bits per heavy atom. The van der Waals surface area contributed by atoms with E-state index in [4.69, 9.17) is 16.7 Å². The van der Waals surface area contributed by atoms with Gasteiger partial charge < -0.3 is 15.1 Å². The van der Waals surface area contributed by atoms with Gasteiger partial charge in [0, 0.05) is 21.8 Å². The second kappa shape index (κ2) is 6.60. The highest BCUT2D eigenvalue weighted by atomic mass is 35.5. The summed E-state index contributed by atoms with van der Waals surface area (Å²) in [6.07, 6.45) is 0. The molecule has 2 aromatic carbocycles. The van der Waals surface area contributed by atoms with Crippen molar-refractivity contribution in [2.45, 2.75) is 0 Å². The number of halogens is 1. The largest absolute Gasteiger partial charge is 0.477 e. The number of benzene rings is 2. The van der Waals surface area contributed by atoms with E-state index < -0.39 is 11.2 Å². The van der Waals surface area contributed by atoms with Crippen LogP contribution < -0.4 is 0 Å². The molecule has 0 fully saturated rings. The van der Waals surface area contributed by atoms with Crippen molar-refractivity contribution in [3.05, 3.63) is 72.1 Å². The second-order valence-electron chi connectivity index (χ2n) is 5.12. The fourth-order valence-electron chi connectivity index (χ4n) is 2.37. The van der Waals surface area contributed by atoms with Gasteiger partial charge in [-0.1, -0.05) is 36.4 Å². The van der Waals surface area contributed by atoms with Crippen molar-refractivity contribution in [1.82, 2.24) is 9.97 Å². The maximum atomic E-state index is 10.7. The van der Waals surface area contributed by atoms with E-state index in [0.717, 1.165) is 21.8 Å². The summed E-state index contributed by atoms with van der Waals surface area (Å²) in [7, 11) is 0. The maximum Gasteiger partial charge on any atom is 0.352 e. The van der Waals surface area contributed by atoms with Crippen molar-refractivity contribution in [2.24, 2.45) is 0 Å². The summed E-state index contributed by atoms with van der Waals surface area (Å²) < 4.78 is 0. The van der Waals surface area contributed by atoms with Crippen LogP contribution in [0.5, 0.6) is 0 Å². The zero-order chi connectivity index (χ0) is 17.1. The standard InChI is InChI=1S/C9H6ClNO.C9H7NO2/c10-9(12)8-5-6-3-1-2-4-7(6)11-8;11-9(12)8-5-6-3-1-2-4-7(6)10-8/h1-5,11H;1-5,10H,(H,11,12). The van der Waals surface area contributed by atoms with Crippen LogP contribution in [0.1, 0.15) is 21.0 Å². The Balaban J connectivity index is 0.000000141. The van der Waals surface area contributed by atoms with Gasteiger partial charge >= 0.3 is 5.97 Å². The summed E-state index contributed by atoms with van der Waals surface area (Å²) in [6, 6.07) is 18.5. The molecular formula is C18H13ClN2O3. The minimum atomic E-state index is -0.925. The second-order valence-corrected chi connectivity index (χ2v) is 5.46. The predicted molar refractivity (Wildman–Crippen MR) is 93.7 cm³/mol. The number of aromatic amines is 2. The zero-order valence-electron chi connectivity index (χ0n) is 12.4. The number of rotatable bonds is 2. The molecule has 0 spiro atoms. The number of carboxylic acid groups (broad SMARTS) is 1. The molecule has 0 atom stereocenters. The average molecular weight is 341 g/mol. The third kappa shape index (κ3) is 3.31. The number of aromatic carboxylic acids is 1. The molecule has 4 rings (SSSR count). The van der Waals surface area contributed by atoms with Gasteiger partial charge in [-0.15, -0.1) is 0 Å². The summed E-state index contributed by atoms with van der Waals surface area (Å²) >= 11 is 5.30. The molecule has 0 amide bonds. The van der Waals surface area contributed by atoms with Crippen molar-refractivity contribution in [1.29, 1.82) is 0 Å². The quantitative estimate of drug-likeness (QED) is 0.472. The molecule has 0 unspecified atom stereocenters. The number of H-pyrrole nitrogens is 2. The van der Waals surface area contributed by atoms with Crippen LogP contribution in [-0.2, 0) is 0 Å². The molecule has 120 valence electrons. The lowest BCUT2D eigenvalue weighted by atomic mass is 10.2. The Hall–Kier alpha value is -3.05. The summed E-state index contributed by atoms with van der Waals surface area (Å²) in [5.41, 5.74) is 2.46. The molecule has 0 aliphatic rings. The van der Waals surface area contributed by atoms with E-state index in [2.05, 4.69) is 9.97 Å². The topological polar surface area (TPSA) is 85.9 Å². The van der Waals surface area contributed by atoms with Crippen LogP contribution in [0.2, 0.25) is 0 Å². The smallest absolute Gasteiger partial charge is 0.352 e. The first-order chi connectivity index (χ1) is 11.5. The highest BCUT2D eigenvalue weighted by Crippen LogP contribution is 2.15. The van der Waals surface area contributed by atoms with Gasteiger partial charge in [0.25, 0.3) is 5.24 Å². The molecule has 24 heavy (non-hydrogen) atoms. The lowest BCUT2D eigenvalue weighted by molar-refractivity contribution is 0.0691. The predicted octanol–water partition coefficient (Wildman–Crippen LogP) is 4.41. The number of hydrogen-bond donors (Lipinski definition) is 3. The number of carboxylic acids is 1. The highest BCUT2D eigenvalue weighted by molar-refractivity contribution is 6.67. The van der Waals surface area contributed by atoms with E-state index in [0.29, 0.717) is 5.69 Å². The van der Waals surface area contributed by atoms with Crippen LogP contribution in [0, 0.1) is 0 Å². The van der Waals surface area contributed by atoms with E-state index in [9.17, 15) is 9.59 Å². The molecule has 0 bridgehead atoms. The summed E-state index contributed by atoms with van der Waals surface area (Å²) in [4.78, 5) is 27.0. The van der Waals surface area contributed by atoms with Gasteiger partial charge in [0.05, 0.1) is 5.69 Å². The first-order valence-corrected chi connectivity index (χ1v) is 7.51. The van der Waals surface area contributed by atoms with E-state index in [-0.39, 0.29) is 5.69 Å². The Morgan fingerprint density at radius 2 is 1.25 bits per heavy atom. The summed E-state index contributed by atoms with van der Waals surface area (Å²) in [6.45, 7) is 0. The number of para-hydroxylation sites is 2. The van der Waals surface area contributed by atoms with Gasteiger partial charge in [-0.25, -0.2) is 4.79 Å². The SMILES string of the molecule is O=C(Cl)c1cc2ccccc2[nH]1.O=C(O)c1cc2ccccc2[nH]1. The third-order valence-electron chi connectivity index (χ3n) is 3.50. The molecule has 0 saturated heterocycles. The van der Waals surface area contributed by atoms with Crippen molar-refractivity contribution in [3.8, 4) is 0 Å². The van der Waals surface area contributed by atoms with E-state index in [1.54, 1.807) is 12.1 Å². The highest BCUT2D eigenvalue weighted by Gasteiger charge is 2.05. The first-order valence-electron chi connectivity index (χ1n) is 7.13. The number of aromatic nitrogens is 2. The lowest BCUT2D eigenvalue weighted by Crippen LogP contribution is -1.94. The maximum absolute atomic E-state index is 10.7. The minimum absolute atomic E-state index is 0.233. The first kappa shape index (κ1) is 15.8. The van der Waals surface area contributed by atoms with Crippen LogP contribution in [0.25, 0.3) is 21.8 Å². The van der Waals surface area contributed by atoms with Gasteiger partial charge in [-0.3, -0.25) is 4.79 Å². The molecule has 0 aliphatic heterocycles. The van der Waals surface area contributed by atoms with Gasteiger partial charge in [-0.05, 0) is 35.9 Å². The van der Waals surface area contributed by atoms with Crippen molar-refractivity contribution in [3.63, 3.8) is 0 Å². The molecule has 5 nitrogen and oxygen atoms in total. The molecule has 2 aromatic heterocycles. The van der Waals surface area contributed by atoms with Crippen molar-refractivity contribution in [2.75, 3.05) is 0 Å². The normalized spacial score (nSPS) is 10.4. The lowest BCUT2D eigenvalue weighted by Gasteiger charge is -1.84. The van der Waals surface area contributed by atoms with Crippen molar-refractivity contribution >= 4 is 44.6 Å². The monoisotopic (exact) mass is 340 g/mol. The number of hydrogen-bond acceptors (Lipinski definition) is 2. The van der Waals surface area contributed by atoms with Crippen molar-refractivity contribution < 1.29 is 14.7 Å². The Kier molecular flexibility index (Phi) is 4.35. The molecule has 0 saturated carbocycles. The number of carbonyl (C=O) groups excluding carboxylic acids is 1. The Labute approximate surface area is 141 Å². The number of carbonyl (C=O) groups is 2. The zero-order valence-corrected chi connectivity index (χ0v) is 13.2. The molecule has 0 aliphatic carbocycles. The fourth-order valence-corrected chi connectivity index (χ4v) is 2.47. The van der Waals surface area contributed by atoms with Gasteiger partial charge in [0.15, 0.2) is 0 Å². The van der Waals surface area contributed by atoms with Gasteiger partial charge in [0.1, 0.15) is 5.69 Å². The minimum Gasteiger partial charge on any atom is -0.477 e. The van der Waals surface area contributed by atoms with Crippen LogP contribution >= 0.6 is 11.6 Å². The average Bonchev–Trinajstić information content (AvgIpc) is 3.19. The van der Waals surface area contributed by atoms with E-state index >= 15 is 0 Å². The van der Waals surface area contributed by atoms with Crippen LogP contribution in [0.3, 0.4) is 0 Å². The van der Waals surface area contributed by atoms with Crippen LogP contribution in [-0.4, -0.2) is 26.3 Å². The molecule has 2 heterocycles. The molecule has 4 aromatic rings. The molecule has 0 radical (unpaired) electrons. The Bertz CT molecular complexity index is 883. The van der Waals surface area contributed by atoms with E-state index in [1.165, 1.54) is 0 Å². The molecule has 3 N–H and O–H groups in total. The molecule has 6 heteroatoms. The van der Waals surface area contributed by atoms with Crippen LogP contribution in [0.4, 0.5) is 0 Å². The van der Waals surface area contributed by atoms with E-state index in [1.807, 2.05) is 48.5 Å². The van der Waals surface area contributed by atoms with Gasteiger partial charge in [0.2, 0.25) is 0 Å². The fraction of sp³-hybridized carbons (Fsp3) is 0. The molecular weight excluding hydrogens is 328 g/mol.